The molecule has 1 aliphatic carbocycles. The van der Waals surface area contributed by atoms with Gasteiger partial charge in [0.2, 0.25) is 0 Å². The van der Waals surface area contributed by atoms with Crippen LogP contribution in [0, 0.1) is 5.41 Å². The molecule has 3 unspecified atom stereocenters. The van der Waals surface area contributed by atoms with Gasteiger partial charge >= 0.3 is 0 Å². The predicted octanol–water partition coefficient (Wildman–Crippen LogP) is 3.55. The van der Waals surface area contributed by atoms with Gasteiger partial charge in [0.05, 0.1) is 17.6 Å². The number of hydrogen-bond acceptors (Lipinski definition) is 4. The molecule has 2 aliphatic rings. The summed E-state index contributed by atoms with van der Waals surface area (Å²) in [5, 5.41) is 20.0. The smallest absolute Gasteiger partial charge is 0.141 e. The number of carbonyl (C=O) groups excluding carboxylic acids is 1. The van der Waals surface area contributed by atoms with Crippen LogP contribution in [0.15, 0.2) is 18.2 Å². The summed E-state index contributed by atoms with van der Waals surface area (Å²) in [4.78, 5) is 12.3. The number of carbonyl (C=O) groups is 1. The molecule has 0 amide bonds. The van der Waals surface area contributed by atoms with Crippen LogP contribution in [0.3, 0.4) is 0 Å². The van der Waals surface area contributed by atoms with Crippen LogP contribution in [0.5, 0.6) is 11.5 Å². The van der Waals surface area contributed by atoms with Crippen LogP contribution in [0.1, 0.15) is 63.9 Å². The standard InChI is InChI=1S/C19H26O4/c1-12-10-13(15-7-6-14(20)11-16(15)23-12)8-9-19(2)17(21)4-3-5-18(19)22/h6-7,11-13,17,20-21H,3-5,8-10H2,1-2H3/t12-,13?,17?,19?/m1/s1. The lowest BCUT2D eigenvalue weighted by Crippen LogP contribution is -2.43. The average molecular weight is 318 g/mol. The van der Waals surface area contributed by atoms with Crippen molar-refractivity contribution in [1.29, 1.82) is 0 Å². The Morgan fingerprint density at radius 1 is 1.39 bits per heavy atom. The highest BCUT2D eigenvalue weighted by Crippen LogP contribution is 2.44. The second-order valence-electron chi connectivity index (χ2n) is 7.37. The fourth-order valence-electron chi connectivity index (χ4n) is 4.05. The third-order valence-corrected chi connectivity index (χ3v) is 5.65. The molecule has 1 heterocycles. The Labute approximate surface area is 137 Å². The number of ether oxygens (including phenoxy) is 1. The Morgan fingerprint density at radius 2 is 2.17 bits per heavy atom. The van der Waals surface area contributed by atoms with Crippen molar-refractivity contribution in [3.8, 4) is 11.5 Å². The van der Waals surface area contributed by atoms with E-state index < -0.39 is 11.5 Å². The fourth-order valence-corrected chi connectivity index (χ4v) is 4.05. The molecule has 4 atom stereocenters. The SMILES string of the molecule is C[C@@H]1CC(CCC2(C)C(=O)CCCC2O)c2ccc(O)cc2O1. The van der Waals surface area contributed by atoms with E-state index in [4.69, 9.17) is 4.74 Å². The third kappa shape index (κ3) is 3.09. The van der Waals surface area contributed by atoms with Gasteiger partial charge in [-0.2, -0.15) is 0 Å². The van der Waals surface area contributed by atoms with Crippen LogP contribution in [0.2, 0.25) is 0 Å². The molecule has 1 saturated carbocycles. The second kappa shape index (κ2) is 6.16. The molecule has 0 saturated heterocycles. The van der Waals surface area contributed by atoms with Crippen LogP contribution >= 0.6 is 0 Å². The lowest BCUT2D eigenvalue weighted by molar-refractivity contribution is -0.139. The summed E-state index contributed by atoms with van der Waals surface area (Å²) in [5.74, 6) is 1.45. The summed E-state index contributed by atoms with van der Waals surface area (Å²) in [6.07, 6.45) is 4.12. The number of phenolic OH excluding ortho intramolecular Hbond substituents is 1. The monoisotopic (exact) mass is 318 g/mol. The number of ketones is 1. The number of phenols is 1. The zero-order valence-electron chi connectivity index (χ0n) is 13.9. The maximum absolute atomic E-state index is 12.3. The summed E-state index contributed by atoms with van der Waals surface area (Å²) in [6.45, 7) is 3.95. The highest BCUT2D eigenvalue weighted by Gasteiger charge is 2.43. The number of benzene rings is 1. The minimum atomic E-state index is -0.614. The molecule has 1 aliphatic heterocycles. The van der Waals surface area contributed by atoms with E-state index in [1.54, 1.807) is 12.1 Å². The molecule has 1 fully saturated rings. The number of hydrogen-bond donors (Lipinski definition) is 2. The number of fused-ring (bicyclic) bond motifs is 1. The van der Waals surface area contributed by atoms with Crippen LogP contribution in [-0.4, -0.2) is 28.2 Å². The highest BCUT2D eigenvalue weighted by atomic mass is 16.5. The second-order valence-corrected chi connectivity index (χ2v) is 7.37. The first-order chi connectivity index (χ1) is 10.9. The zero-order valence-corrected chi connectivity index (χ0v) is 13.9. The van der Waals surface area contributed by atoms with Crippen molar-refractivity contribution in [3.05, 3.63) is 23.8 Å². The van der Waals surface area contributed by atoms with Gasteiger partial charge in [-0.15, -0.1) is 0 Å². The van der Waals surface area contributed by atoms with Gasteiger partial charge in [0, 0.05) is 12.5 Å². The fraction of sp³-hybridized carbons (Fsp3) is 0.632. The first-order valence-electron chi connectivity index (χ1n) is 8.61. The molecule has 1 aromatic carbocycles. The average Bonchev–Trinajstić information content (AvgIpc) is 2.50. The summed E-state index contributed by atoms with van der Waals surface area (Å²) in [6, 6.07) is 5.27. The van der Waals surface area contributed by atoms with E-state index in [0.717, 1.165) is 37.0 Å². The summed E-state index contributed by atoms with van der Waals surface area (Å²) in [5.41, 5.74) is 0.485. The van der Waals surface area contributed by atoms with Gasteiger partial charge in [0.15, 0.2) is 0 Å². The first kappa shape index (κ1) is 16.3. The number of aliphatic hydroxyl groups is 1. The van der Waals surface area contributed by atoms with E-state index in [9.17, 15) is 15.0 Å². The number of rotatable bonds is 3. The molecule has 23 heavy (non-hydrogen) atoms. The van der Waals surface area contributed by atoms with Crippen molar-refractivity contribution >= 4 is 5.78 Å². The zero-order chi connectivity index (χ0) is 16.6. The molecule has 4 heteroatoms. The van der Waals surface area contributed by atoms with E-state index >= 15 is 0 Å². The van der Waals surface area contributed by atoms with Crippen molar-refractivity contribution in [2.24, 2.45) is 5.41 Å². The van der Waals surface area contributed by atoms with E-state index in [2.05, 4.69) is 0 Å². The Hall–Kier alpha value is -1.55. The van der Waals surface area contributed by atoms with Gasteiger partial charge in [-0.3, -0.25) is 4.79 Å². The Bertz CT molecular complexity index is 597. The number of Topliss-reactive ketones (excluding diaryl/α,β-unsaturated/α-hetero) is 1. The van der Waals surface area contributed by atoms with E-state index in [0.29, 0.717) is 18.8 Å². The van der Waals surface area contributed by atoms with Crippen molar-refractivity contribution in [1.82, 2.24) is 0 Å². The van der Waals surface area contributed by atoms with E-state index in [1.807, 2.05) is 19.9 Å². The molecule has 0 bridgehead atoms. The maximum atomic E-state index is 12.3. The van der Waals surface area contributed by atoms with Crippen molar-refractivity contribution in [2.75, 3.05) is 0 Å². The molecular formula is C19H26O4. The minimum Gasteiger partial charge on any atom is -0.508 e. The molecular weight excluding hydrogens is 292 g/mol. The molecule has 4 nitrogen and oxygen atoms in total. The van der Waals surface area contributed by atoms with Gasteiger partial charge in [0.25, 0.3) is 0 Å². The van der Waals surface area contributed by atoms with Crippen LogP contribution < -0.4 is 4.74 Å². The lowest BCUT2D eigenvalue weighted by atomic mass is 9.68. The Morgan fingerprint density at radius 3 is 2.91 bits per heavy atom. The third-order valence-electron chi connectivity index (χ3n) is 5.65. The molecule has 1 aromatic rings. The summed E-state index contributed by atoms with van der Waals surface area (Å²) < 4.78 is 5.83. The predicted molar refractivity (Wildman–Crippen MR) is 87.8 cm³/mol. The maximum Gasteiger partial charge on any atom is 0.141 e. The van der Waals surface area contributed by atoms with Crippen molar-refractivity contribution in [2.45, 2.75) is 70.5 Å². The molecule has 0 radical (unpaired) electrons. The quantitative estimate of drug-likeness (QED) is 0.894. The van der Waals surface area contributed by atoms with E-state index in [1.165, 1.54) is 0 Å². The summed E-state index contributed by atoms with van der Waals surface area (Å²) in [7, 11) is 0. The minimum absolute atomic E-state index is 0.0917. The first-order valence-corrected chi connectivity index (χ1v) is 8.61. The molecule has 3 rings (SSSR count). The molecule has 126 valence electrons. The summed E-state index contributed by atoms with van der Waals surface area (Å²) >= 11 is 0. The lowest BCUT2D eigenvalue weighted by Gasteiger charge is -2.39. The van der Waals surface area contributed by atoms with Gasteiger partial charge in [-0.1, -0.05) is 13.0 Å². The molecule has 0 aromatic heterocycles. The topological polar surface area (TPSA) is 66.8 Å². The Kier molecular flexibility index (Phi) is 4.37. The highest BCUT2D eigenvalue weighted by molar-refractivity contribution is 5.85. The van der Waals surface area contributed by atoms with Gasteiger partial charge in [-0.05, 0) is 56.6 Å². The van der Waals surface area contributed by atoms with E-state index in [-0.39, 0.29) is 17.6 Å². The van der Waals surface area contributed by atoms with Gasteiger partial charge < -0.3 is 14.9 Å². The van der Waals surface area contributed by atoms with Gasteiger partial charge in [-0.25, -0.2) is 0 Å². The largest absolute Gasteiger partial charge is 0.508 e. The van der Waals surface area contributed by atoms with Crippen molar-refractivity contribution < 1.29 is 19.7 Å². The number of aromatic hydroxyl groups is 1. The Balaban J connectivity index is 1.77. The molecule has 0 spiro atoms. The normalized spacial score (nSPS) is 33.9. The van der Waals surface area contributed by atoms with Gasteiger partial charge in [0.1, 0.15) is 17.3 Å². The van der Waals surface area contributed by atoms with Crippen LogP contribution in [0.25, 0.3) is 0 Å². The van der Waals surface area contributed by atoms with Crippen LogP contribution in [0.4, 0.5) is 0 Å². The van der Waals surface area contributed by atoms with Crippen LogP contribution in [-0.2, 0) is 4.79 Å². The van der Waals surface area contributed by atoms with Crippen molar-refractivity contribution in [3.63, 3.8) is 0 Å². The number of aliphatic hydroxyl groups excluding tert-OH is 1. The molecule has 2 N–H and O–H groups in total.